The van der Waals surface area contributed by atoms with Gasteiger partial charge in [0, 0.05) is 11.3 Å². The van der Waals surface area contributed by atoms with Crippen LogP contribution in [0.1, 0.15) is 46.6 Å². The number of anilines is 1. The molecule has 3 aromatic rings. The lowest BCUT2D eigenvalue weighted by atomic mass is 10.1. The maximum atomic E-state index is 14.2. The fourth-order valence-corrected chi connectivity index (χ4v) is 3.64. The largest absolute Gasteiger partial charge is 0.318 e. The van der Waals surface area contributed by atoms with Crippen molar-refractivity contribution in [3.8, 4) is 5.69 Å². The Labute approximate surface area is 158 Å². The summed E-state index contributed by atoms with van der Waals surface area (Å²) in [5.74, 6) is -0.789. The predicted octanol–water partition coefficient (Wildman–Crippen LogP) is 4.84. The van der Waals surface area contributed by atoms with E-state index in [9.17, 15) is 9.18 Å². The number of para-hydroxylation sites is 1. The molecule has 1 aliphatic carbocycles. The molecule has 0 spiro atoms. The third-order valence-electron chi connectivity index (χ3n) is 5.02. The average molecular weight is 363 g/mol. The third-order valence-corrected chi connectivity index (χ3v) is 5.02. The molecule has 27 heavy (non-hydrogen) atoms. The van der Waals surface area contributed by atoms with E-state index in [4.69, 9.17) is 0 Å². The zero-order chi connectivity index (χ0) is 18.8. The summed E-state index contributed by atoms with van der Waals surface area (Å²) in [6.07, 6.45) is 4.97. The fraction of sp³-hybridized carbons (Fsp3) is 0.273. The number of halogens is 1. The number of nitrogens with zero attached hydrogens (tertiary/aromatic N) is 2. The summed E-state index contributed by atoms with van der Waals surface area (Å²) < 4.78 is 16.0. The summed E-state index contributed by atoms with van der Waals surface area (Å²) in [5, 5.41) is 7.33. The van der Waals surface area contributed by atoms with Crippen molar-refractivity contribution in [2.24, 2.45) is 0 Å². The first-order valence-electron chi connectivity index (χ1n) is 9.37. The second-order valence-electron chi connectivity index (χ2n) is 7.02. The monoisotopic (exact) mass is 363 g/mol. The summed E-state index contributed by atoms with van der Waals surface area (Å²) in [6, 6.07) is 14.6. The minimum Gasteiger partial charge on any atom is -0.318 e. The Kier molecular flexibility index (Phi) is 4.75. The molecule has 0 bridgehead atoms. The number of hydrogen-bond donors (Lipinski definition) is 1. The number of fused-ring (bicyclic) bond motifs is 1. The van der Waals surface area contributed by atoms with Crippen molar-refractivity contribution in [1.82, 2.24) is 9.78 Å². The van der Waals surface area contributed by atoms with Gasteiger partial charge in [0.25, 0.3) is 5.91 Å². The first-order chi connectivity index (χ1) is 13.1. The topological polar surface area (TPSA) is 46.9 Å². The molecule has 0 atom stereocenters. The molecule has 0 saturated heterocycles. The minimum atomic E-state index is -0.433. The van der Waals surface area contributed by atoms with E-state index in [-0.39, 0.29) is 11.6 Å². The highest BCUT2D eigenvalue weighted by Crippen LogP contribution is 2.27. The molecule has 1 amide bonds. The van der Waals surface area contributed by atoms with Gasteiger partial charge in [0.05, 0.1) is 11.4 Å². The van der Waals surface area contributed by atoms with Gasteiger partial charge in [-0.05, 0) is 62.4 Å². The Bertz CT molecular complexity index is 979. The molecule has 0 radical (unpaired) electrons. The SMILES string of the molecule is Cc1ccc(NC(=O)c2nn(-c3ccccc3)c3c2CCCCC3)c(F)c1. The van der Waals surface area contributed by atoms with Crippen LogP contribution in [0.4, 0.5) is 10.1 Å². The number of aryl methyl sites for hydroxylation is 1. The molecule has 1 N–H and O–H groups in total. The molecule has 2 aromatic carbocycles. The maximum absolute atomic E-state index is 14.2. The number of carbonyl (C=O) groups excluding carboxylic acids is 1. The number of aromatic nitrogens is 2. The van der Waals surface area contributed by atoms with E-state index in [2.05, 4.69) is 10.4 Å². The highest BCUT2D eigenvalue weighted by atomic mass is 19.1. The molecule has 1 heterocycles. The Balaban J connectivity index is 1.73. The molecule has 0 aliphatic heterocycles. The van der Waals surface area contributed by atoms with Crippen LogP contribution in [0.3, 0.4) is 0 Å². The van der Waals surface area contributed by atoms with Gasteiger partial charge in [0.2, 0.25) is 0 Å². The van der Waals surface area contributed by atoms with Gasteiger partial charge in [-0.3, -0.25) is 4.79 Å². The van der Waals surface area contributed by atoms with E-state index in [1.54, 1.807) is 12.1 Å². The van der Waals surface area contributed by atoms with Crippen LogP contribution < -0.4 is 5.32 Å². The summed E-state index contributed by atoms with van der Waals surface area (Å²) >= 11 is 0. The summed E-state index contributed by atoms with van der Waals surface area (Å²) in [6.45, 7) is 1.82. The van der Waals surface area contributed by atoms with Crippen molar-refractivity contribution in [1.29, 1.82) is 0 Å². The van der Waals surface area contributed by atoms with E-state index >= 15 is 0 Å². The smallest absolute Gasteiger partial charge is 0.276 e. The van der Waals surface area contributed by atoms with Crippen LogP contribution in [-0.2, 0) is 12.8 Å². The van der Waals surface area contributed by atoms with Crippen LogP contribution in [-0.4, -0.2) is 15.7 Å². The Hall–Kier alpha value is -2.95. The van der Waals surface area contributed by atoms with Crippen LogP contribution in [0.2, 0.25) is 0 Å². The van der Waals surface area contributed by atoms with Crippen LogP contribution in [0.25, 0.3) is 5.69 Å². The molecule has 1 aliphatic rings. The van der Waals surface area contributed by atoms with Gasteiger partial charge in [-0.15, -0.1) is 0 Å². The van der Waals surface area contributed by atoms with Crippen LogP contribution >= 0.6 is 0 Å². The van der Waals surface area contributed by atoms with Crippen LogP contribution in [0.15, 0.2) is 48.5 Å². The molecular formula is C22H22FN3O. The fourth-order valence-electron chi connectivity index (χ4n) is 3.64. The van der Waals surface area contributed by atoms with Crippen LogP contribution in [0, 0.1) is 12.7 Å². The van der Waals surface area contributed by atoms with Crippen molar-refractivity contribution >= 4 is 11.6 Å². The van der Waals surface area contributed by atoms with Gasteiger partial charge < -0.3 is 5.32 Å². The number of hydrogen-bond acceptors (Lipinski definition) is 2. The van der Waals surface area contributed by atoms with Crippen molar-refractivity contribution in [3.05, 3.63) is 76.9 Å². The van der Waals surface area contributed by atoms with Gasteiger partial charge in [-0.25, -0.2) is 9.07 Å². The van der Waals surface area contributed by atoms with Gasteiger partial charge in [-0.1, -0.05) is 30.7 Å². The quantitative estimate of drug-likeness (QED) is 0.677. The van der Waals surface area contributed by atoms with Crippen molar-refractivity contribution in [2.45, 2.75) is 39.0 Å². The number of amides is 1. The van der Waals surface area contributed by atoms with Crippen LogP contribution in [0.5, 0.6) is 0 Å². The first-order valence-corrected chi connectivity index (χ1v) is 9.37. The normalized spacial score (nSPS) is 13.7. The Morgan fingerprint density at radius 1 is 1.07 bits per heavy atom. The second-order valence-corrected chi connectivity index (χ2v) is 7.02. The Morgan fingerprint density at radius 2 is 1.85 bits per heavy atom. The highest BCUT2D eigenvalue weighted by Gasteiger charge is 2.25. The zero-order valence-electron chi connectivity index (χ0n) is 15.3. The van der Waals surface area contributed by atoms with Gasteiger partial charge in [0.15, 0.2) is 5.69 Å². The van der Waals surface area contributed by atoms with Crippen molar-refractivity contribution < 1.29 is 9.18 Å². The molecule has 4 rings (SSSR count). The van der Waals surface area contributed by atoms with E-state index in [0.29, 0.717) is 5.69 Å². The van der Waals surface area contributed by atoms with E-state index < -0.39 is 5.82 Å². The molecule has 0 fully saturated rings. The van der Waals surface area contributed by atoms with Crippen molar-refractivity contribution in [3.63, 3.8) is 0 Å². The standard InChI is InChI=1S/C22H22FN3O/c1-15-12-13-19(18(23)14-15)24-22(27)21-17-10-6-3-7-11-20(17)26(25-21)16-8-4-2-5-9-16/h2,4-5,8-9,12-14H,3,6-7,10-11H2,1H3,(H,24,27). The molecule has 0 unspecified atom stereocenters. The second kappa shape index (κ2) is 7.35. The van der Waals surface area contributed by atoms with E-state index in [0.717, 1.165) is 54.6 Å². The lowest BCUT2D eigenvalue weighted by molar-refractivity contribution is 0.102. The molecule has 5 heteroatoms. The zero-order valence-corrected chi connectivity index (χ0v) is 15.3. The average Bonchev–Trinajstić information content (AvgIpc) is 2.86. The van der Waals surface area contributed by atoms with Gasteiger partial charge in [0.1, 0.15) is 5.82 Å². The number of nitrogens with one attached hydrogen (secondary N) is 1. The van der Waals surface area contributed by atoms with Gasteiger partial charge >= 0.3 is 0 Å². The minimum absolute atomic E-state index is 0.183. The Morgan fingerprint density at radius 3 is 2.63 bits per heavy atom. The lowest BCUT2D eigenvalue weighted by Gasteiger charge is -2.07. The lowest BCUT2D eigenvalue weighted by Crippen LogP contribution is -2.16. The number of benzene rings is 2. The highest BCUT2D eigenvalue weighted by molar-refractivity contribution is 6.04. The molecule has 1 aromatic heterocycles. The molecular weight excluding hydrogens is 341 g/mol. The van der Waals surface area contributed by atoms with Gasteiger partial charge in [-0.2, -0.15) is 5.10 Å². The molecule has 138 valence electrons. The summed E-state index contributed by atoms with van der Waals surface area (Å²) in [5.41, 5.74) is 4.41. The summed E-state index contributed by atoms with van der Waals surface area (Å²) in [4.78, 5) is 12.9. The summed E-state index contributed by atoms with van der Waals surface area (Å²) in [7, 11) is 0. The first kappa shape index (κ1) is 17.5. The van der Waals surface area contributed by atoms with E-state index in [1.165, 1.54) is 6.07 Å². The van der Waals surface area contributed by atoms with Crippen molar-refractivity contribution in [2.75, 3.05) is 5.32 Å². The number of rotatable bonds is 3. The predicted molar refractivity (Wildman–Crippen MR) is 104 cm³/mol. The third kappa shape index (κ3) is 3.50. The molecule has 0 saturated carbocycles. The molecule has 4 nitrogen and oxygen atoms in total. The number of carbonyl (C=O) groups is 1. The van der Waals surface area contributed by atoms with E-state index in [1.807, 2.05) is 41.9 Å². The maximum Gasteiger partial charge on any atom is 0.276 e.